The molecule has 0 rings (SSSR count). The molecule has 0 heterocycles. The molecule has 9 heavy (non-hydrogen) atoms. The van der Waals surface area contributed by atoms with Crippen molar-refractivity contribution in [2.45, 2.75) is 6.42 Å². The van der Waals surface area contributed by atoms with E-state index in [4.69, 9.17) is 17.3 Å². The van der Waals surface area contributed by atoms with E-state index in [1.165, 1.54) is 11.8 Å². The minimum atomic E-state index is 0.226. The van der Waals surface area contributed by atoms with Crippen LogP contribution in [-0.4, -0.2) is 28.8 Å². The zero-order valence-corrected chi connectivity index (χ0v) is 7.02. The first-order valence-electron chi connectivity index (χ1n) is 2.74. The number of rotatable bonds is 3. The van der Waals surface area contributed by atoms with Crippen LogP contribution >= 0.6 is 24.0 Å². The summed E-state index contributed by atoms with van der Waals surface area (Å²) in [7, 11) is 0. The third-order valence-corrected chi connectivity index (χ3v) is 1.95. The van der Waals surface area contributed by atoms with Crippen molar-refractivity contribution < 1.29 is 5.11 Å². The summed E-state index contributed by atoms with van der Waals surface area (Å²) in [6.07, 6.45) is 2.69. The lowest BCUT2D eigenvalue weighted by Crippen LogP contribution is -2.19. The zero-order chi connectivity index (χ0) is 7.11. The summed E-state index contributed by atoms with van der Waals surface area (Å²) in [5.74, 6) is 0. The summed E-state index contributed by atoms with van der Waals surface area (Å²) in [5.41, 5.74) is 0. The minimum Gasteiger partial charge on any atom is -0.396 e. The molecule has 0 atom stereocenters. The van der Waals surface area contributed by atoms with E-state index in [2.05, 4.69) is 5.32 Å². The first-order valence-corrected chi connectivity index (χ1v) is 4.37. The van der Waals surface area contributed by atoms with Crippen LogP contribution in [0.4, 0.5) is 0 Å². The van der Waals surface area contributed by atoms with Crippen LogP contribution in [0.5, 0.6) is 0 Å². The van der Waals surface area contributed by atoms with Gasteiger partial charge in [-0.25, -0.2) is 0 Å². The molecule has 0 bridgehead atoms. The fraction of sp³-hybridized carbons (Fsp3) is 0.800. The molecule has 0 saturated heterocycles. The fourth-order valence-electron chi connectivity index (χ4n) is 0.342. The summed E-state index contributed by atoms with van der Waals surface area (Å²) in [6, 6.07) is 0. The largest absolute Gasteiger partial charge is 0.396 e. The van der Waals surface area contributed by atoms with Gasteiger partial charge in [0.25, 0.3) is 0 Å². The Morgan fingerprint density at radius 1 is 1.78 bits per heavy atom. The number of hydrogen-bond acceptors (Lipinski definition) is 3. The normalized spacial score (nSPS) is 9.11. The fourth-order valence-corrected chi connectivity index (χ4v) is 0.690. The van der Waals surface area contributed by atoms with E-state index in [1.807, 2.05) is 6.26 Å². The molecule has 0 aliphatic heterocycles. The number of thiocarbonyl (C=S) groups is 1. The lowest BCUT2D eigenvalue weighted by Gasteiger charge is -2.01. The highest BCUT2D eigenvalue weighted by atomic mass is 32.2. The van der Waals surface area contributed by atoms with Crippen LogP contribution in [0.3, 0.4) is 0 Å². The van der Waals surface area contributed by atoms with Gasteiger partial charge in [-0.05, 0) is 12.7 Å². The maximum absolute atomic E-state index is 8.36. The van der Waals surface area contributed by atoms with Gasteiger partial charge in [-0.1, -0.05) is 12.2 Å². The van der Waals surface area contributed by atoms with E-state index in [-0.39, 0.29) is 6.61 Å². The van der Waals surface area contributed by atoms with Gasteiger partial charge in [0.2, 0.25) is 0 Å². The molecule has 0 aromatic rings. The van der Waals surface area contributed by atoms with Crippen molar-refractivity contribution >= 4 is 28.3 Å². The topological polar surface area (TPSA) is 32.3 Å². The Kier molecular flexibility index (Phi) is 6.46. The summed E-state index contributed by atoms with van der Waals surface area (Å²) in [5, 5.41) is 11.3. The van der Waals surface area contributed by atoms with Gasteiger partial charge in [-0.3, -0.25) is 0 Å². The van der Waals surface area contributed by atoms with Gasteiger partial charge >= 0.3 is 0 Å². The zero-order valence-electron chi connectivity index (χ0n) is 5.39. The maximum atomic E-state index is 8.36. The number of thioether (sulfide) groups is 1. The molecule has 0 saturated carbocycles. The van der Waals surface area contributed by atoms with Gasteiger partial charge in [0.15, 0.2) is 0 Å². The molecule has 0 amide bonds. The average Bonchev–Trinajstić information content (AvgIpc) is 1.89. The Balaban J connectivity index is 2.97. The van der Waals surface area contributed by atoms with Crippen LogP contribution in [0.15, 0.2) is 0 Å². The van der Waals surface area contributed by atoms with Gasteiger partial charge in [-0.2, -0.15) is 0 Å². The van der Waals surface area contributed by atoms with Crippen LogP contribution in [0.25, 0.3) is 0 Å². The van der Waals surface area contributed by atoms with Crippen molar-refractivity contribution in [2.75, 3.05) is 19.4 Å². The average molecular weight is 165 g/mol. The highest BCUT2D eigenvalue weighted by molar-refractivity contribution is 8.22. The van der Waals surface area contributed by atoms with E-state index in [9.17, 15) is 0 Å². The maximum Gasteiger partial charge on any atom is 0.133 e. The second kappa shape index (κ2) is 6.32. The van der Waals surface area contributed by atoms with Crippen LogP contribution in [-0.2, 0) is 0 Å². The van der Waals surface area contributed by atoms with Crippen molar-refractivity contribution in [2.24, 2.45) is 0 Å². The van der Waals surface area contributed by atoms with E-state index < -0.39 is 0 Å². The number of aliphatic hydroxyl groups excluding tert-OH is 1. The molecule has 0 aromatic carbocycles. The Morgan fingerprint density at radius 3 is 2.89 bits per heavy atom. The molecule has 2 N–H and O–H groups in total. The molecule has 2 nitrogen and oxygen atoms in total. The number of hydrogen-bond donors (Lipinski definition) is 2. The predicted molar refractivity (Wildman–Crippen MR) is 45.8 cm³/mol. The lowest BCUT2D eigenvalue weighted by molar-refractivity contribution is 0.289. The van der Waals surface area contributed by atoms with E-state index in [0.29, 0.717) is 0 Å². The third kappa shape index (κ3) is 6.08. The Hall–Kier alpha value is 0.200. The van der Waals surface area contributed by atoms with Gasteiger partial charge in [0.05, 0.1) is 0 Å². The minimum absolute atomic E-state index is 0.226. The van der Waals surface area contributed by atoms with Gasteiger partial charge in [0.1, 0.15) is 4.32 Å². The molecule has 0 fully saturated rings. The predicted octanol–water partition coefficient (Wildman–Crippen LogP) is 0.606. The van der Waals surface area contributed by atoms with Crippen molar-refractivity contribution in [3.8, 4) is 0 Å². The third-order valence-electron chi connectivity index (χ3n) is 0.790. The van der Waals surface area contributed by atoms with Crippen LogP contribution < -0.4 is 5.32 Å². The van der Waals surface area contributed by atoms with E-state index in [0.717, 1.165) is 17.3 Å². The van der Waals surface area contributed by atoms with Crippen molar-refractivity contribution in [3.63, 3.8) is 0 Å². The standard InChI is InChI=1S/C5H11NOS2/c1-9-5(8)6-3-2-4-7/h7H,2-4H2,1H3,(H,6,8). The molecule has 4 heteroatoms. The Morgan fingerprint density at radius 2 is 2.44 bits per heavy atom. The van der Waals surface area contributed by atoms with Gasteiger partial charge in [0, 0.05) is 13.2 Å². The van der Waals surface area contributed by atoms with Gasteiger partial charge < -0.3 is 10.4 Å². The molecule has 0 radical (unpaired) electrons. The first kappa shape index (κ1) is 9.20. The molecule has 0 aromatic heterocycles. The molecule has 0 aliphatic carbocycles. The second-order valence-electron chi connectivity index (χ2n) is 1.50. The summed E-state index contributed by atoms with van der Waals surface area (Å²) < 4.78 is 0.795. The Bertz CT molecular complexity index is 87.0. The monoisotopic (exact) mass is 165 g/mol. The molecule has 54 valence electrons. The highest BCUT2D eigenvalue weighted by Crippen LogP contribution is 1.92. The quantitative estimate of drug-likeness (QED) is 0.474. The van der Waals surface area contributed by atoms with Crippen molar-refractivity contribution in [3.05, 3.63) is 0 Å². The van der Waals surface area contributed by atoms with E-state index >= 15 is 0 Å². The van der Waals surface area contributed by atoms with Crippen LogP contribution in [0.2, 0.25) is 0 Å². The van der Waals surface area contributed by atoms with Gasteiger partial charge in [-0.15, -0.1) is 11.8 Å². The molecular formula is C5H11NOS2. The smallest absolute Gasteiger partial charge is 0.133 e. The number of nitrogens with one attached hydrogen (secondary N) is 1. The number of aliphatic hydroxyl groups is 1. The van der Waals surface area contributed by atoms with Crippen LogP contribution in [0.1, 0.15) is 6.42 Å². The SMILES string of the molecule is CSC(=S)NCCCO. The molecular weight excluding hydrogens is 154 g/mol. The first-order chi connectivity index (χ1) is 4.31. The molecule has 0 spiro atoms. The highest BCUT2D eigenvalue weighted by Gasteiger charge is 1.88. The summed E-state index contributed by atoms with van der Waals surface area (Å²) in [6.45, 7) is 1.00. The van der Waals surface area contributed by atoms with Crippen molar-refractivity contribution in [1.29, 1.82) is 0 Å². The second-order valence-corrected chi connectivity index (χ2v) is 2.98. The summed E-state index contributed by atoms with van der Waals surface area (Å²) in [4.78, 5) is 0. The summed E-state index contributed by atoms with van der Waals surface area (Å²) >= 11 is 6.35. The van der Waals surface area contributed by atoms with Crippen molar-refractivity contribution in [1.82, 2.24) is 5.32 Å². The van der Waals surface area contributed by atoms with Crippen LogP contribution in [0, 0.1) is 0 Å². The lowest BCUT2D eigenvalue weighted by atomic mass is 10.5. The molecule has 0 aliphatic rings. The molecule has 0 unspecified atom stereocenters. The van der Waals surface area contributed by atoms with E-state index in [1.54, 1.807) is 0 Å². The Labute approximate surface area is 65.0 Å².